The Hall–Kier alpha value is -8.05. The van der Waals surface area contributed by atoms with Crippen LogP contribution in [0.3, 0.4) is 0 Å². The molecular weight excluding hydrogens is 779 g/mol. The van der Waals surface area contributed by atoms with Gasteiger partial charge in [-0.3, -0.25) is 4.90 Å². The minimum atomic E-state index is -2.84. The normalized spacial score (nSPS) is 13.2. The number of para-hydroxylation sites is 3. The van der Waals surface area contributed by atoms with Gasteiger partial charge in [0.25, 0.3) is 0 Å². The van der Waals surface area contributed by atoms with Gasteiger partial charge in [0.15, 0.2) is 8.07 Å². The molecule has 4 heteroatoms. The molecule has 0 fully saturated rings. The second-order valence-corrected chi connectivity index (χ2v) is 20.3. The van der Waals surface area contributed by atoms with Crippen molar-refractivity contribution >= 4 is 67.8 Å². The fourth-order valence-corrected chi connectivity index (χ4v) is 16.2. The van der Waals surface area contributed by atoms with Crippen molar-refractivity contribution in [3.05, 3.63) is 237 Å². The molecule has 9 aromatic carbocycles. The quantitative estimate of drug-likeness (QED) is 0.161. The van der Waals surface area contributed by atoms with Crippen molar-refractivity contribution < 1.29 is 0 Å². The van der Waals surface area contributed by atoms with Crippen LogP contribution in [0.25, 0.3) is 72.1 Å². The highest BCUT2D eigenvalue weighted by atomic mass is 28.3. The van der Waals surface area contributed by atoms with Gasteiger partial charge in [-0.2, -0.15) is 0 Å². The average Bonchev–Trinajstić information content (AvgIpc) is 3.85. The van der Waals surface area contributed by atoms with E-state index in [0.717, 1.165) is 33.9 Å². The number of nitrogens with zero attached hydrogens (tertiary/aromatic N) is 3. The maximum atomic E-state index is 5.60. The van der Waals surface area contributed by atoms with Gasteiger partial charge < -0.3 is 4.57 Å². The maximum Gasteiger partial charge on any atom is 0.185 e. The van der Waals surface area contributed by atoms with E-state index >= 15 is 0 Å². The van der Waals surface area contributed by atoms with Gasteiger partial charge in [0.1, 0.15) is 5.82 Å². The molecule has 0 saturated carbocycles. The number of anilines is 3. The van der Waals surface area contributed by atoms with Gasteiger partial charge in [0.2, 0.25) is 0 Å². The topological polar surface area (TPSA) is 21.1 Å². The third-order valence-electron chi connectivity index (χ3n) is 13.4. The van der Waals surface area contributed by atoms with E-state index in [1.807, 2.05) is 0 Å². The Morgan fingerprint density at radius 3 is 1.63 bits per heavy atom. The smallest absolute Gasteiger partial charge is 0.185 e. The van der Waals surface area contributed by atoms with Gasteiger partial charge >= 0.3 is 0 Å². The number of fused-ring (bicyclic) bond motifs is 12. The van der Waals surface area contributed by atoms with Gasteiger partial charge in [0, 0.05) is 33.4 Å². The predicted octanol–water partition coefficient (Wildman–Crippen LogP) is 12.3. The molecule has 3 nitrogen and oxygen atoms in total. The van der Waals surface area contributed by atoms with Crippen LogP contribution in [-0.2, 0) is 0 Å². The molecule has 0 radical (unpaired) electrons. The second-order valence-electron chi connectivity index (χ2n) is 16.7. The summed E-state index contributed by atoms with van der Waals surface area (Å²) in [5.41, 5.74) is 15.3. The van der Waals surface area contributed by atoms with Crippen LogP contribution < -0.4 is 25.6 Å². The van der Waals surface area contributed by atoms with Gasteiger partial charge in [-0.15, -0.1) is 0 Å². The van der Waals surface area contributed by atoms with Crippen molar-refractivity contribution in [2.45, 2.75) is 0 Å². The van der Waals surface area contributed by atoms with E-state index < -0.39 is 8.07 Å². The zero-order valence-electron chi connectivity index (χ0n) is 34.4. The number of aromatic nitrogens is 2. The third-order valence-corrected chi connectivity index (χ3v) is 18.3. The summed E-state index contributed by atoms with van der Waals surface area (Å²) in [6.45, 7) is 0. The number of pyridine rings is 1. The van der Waals surface area contributed by atoms with E-state index in [0.29, 0.717) is 0 Å². The van der Waals surface area contributed by atoms with Crippen molar-refractivity contribution in [2.75, 3.05) is 4.90 Å². The maximum absolute atomic E-state index is 5.60. The van der Waals surface area contributed by atoms with Crippen molar-refractivity contribution in [1.29, 1.82) is 0 Å². The lowest BCUT2D eigenvalue weighted by Crippen LogP contribution is -2.75. The Morgan fingerprint density at radius 1 is 0.333 bits per heavy atom. The third kappa shape index (κ3) is 5.29. The monoisotopic (exact) mass is 817 g/mol. The molecule has 0 amide bonds. The summed E-state index contributed by atoms with van der Waals surface area (Å²) in [5.74, 6) is 0.894. The molecule has 4 heterocycles. The Balaban J connectivity index is 1.10. The molecule has 0 bridgehead atoms. The van der Waals surface area contributed by atoms with Crippen LogP contribution in [0.15, 0.2) is 237 Å². The molecule has 0 aliphatic carbocycles. The Labute approximate surface area is 367 Å². The predicted molar refractivity (Wildman–Crippen MR) is 266 cm³/mol. The summed E-state index contributed by atoms with van der Waals surface area (Å²) in [5, 5.41) is 8.12. The summed E-state index contributed by atoms with van der Waals surface area (Å²) in [7, 11) is -2.84. The summed E-state index contributed by atoms with van der Waals surface area (Å²) < 4.78 is 2.39. The fourth-order valence-electron chi connectivity index (χ4n) is 10.7. The zero-order valence-corrected chi connectivity index (χ0v) is 35.4. The molecule has 11 aromatic rings. The lowest BCUT2D eigenvalue weighted by molar-refractivity contribution is 1.18. The Kier molecular flexibility index (Phi) is 7.93. The molecule has 2 aromatic heterocycles. The van der Waals surface area contributed by atoms with Gasteiger partial charge in [0.05, 0.1) is 16.7 Å². The molecule has 0 saturated heterocycles. The van der Waals surface area contributed by atoms with Crippen molar-refractivity contribution in [3.63, 3.8) is 0 Å². The Bertz CT molecular complexity index is 3470. The zero-order chi connectivity index (χ0) is 41.5. The molecule has 2 aliphatic heterocycles. The molecule has 0 atom stereocenters. The van der Waals surface area contributed by atoms with E-state index in [4.69, 9.17) is 4.98 Å². The second kappa shape index (κ2) is 14.0. The van der Waals surface area contributed by atoms with Gasteiger partial charge in [-0.05, 0) is 109 Å². The molecule has 1 spiro atoms. The minimum absolute atomic E-state index is 0.894. The van der Waals surface area contributed by atoms with Crippen LogP contribution in [0.1, 0.15) is 0 Å². The van der Waals surface area contributed by atoms with E-state index in [2.05, 4.69) is 246 Å². The van der Waals surface area contributed by atoms with E-state index in [1.54, 1.807) is 0 Å². The highest BCUT2D eigenvalue weighted by molar-refractivity contribution is 7.23. The van der Waals surface area contributed by atoms with E-state index in [9.17, 15) is 0 Å². The molecule has 63 heavy (non-hydrogen) atoms. The molecular formula is C59H39N3Si. The van der Waals surface area contributed by atoms with Crippen LogP contribution >= 0.6 is 0 Å². The van der Waals surface area contributed by atoms with Crippen molar-refractivity contribution in [2.24, 2.45) is 0 Å². The molecule has 13 rings (SSSR count). The molecule has 0 unspecified atom stereocenters. The van der Waals surface area contributed by atoms with E-state index in [-0.39, 0.29) is 0 Å². The van der Waals surface area contributed by atoms with Gasteiger partial charge in [-0.1, -0.05) is 182 Å². The SMILES string of the molecule is c1ccc(-c2cc(-c3ccccc3)nc(N3c4ccccc4[Si]4(c5ccccc5-c5ccccc54)c4ccc(-c5ccc6c(c5)c5ccccc5n6-c5ccccc5)cc43)c2)cc1. The number of hydrogen-bond donors (Lipinski definition) is 0. The number of hydrogen-bond acceptors (Lipinski definition) is 2. The van der Waals surface area contributed by atoms with Crippen LogP contribution in [-0.4, -0.2) is 17.6 Å². The minimum Gasteiger partial charge on any atom is -0.309 e. The summed E-state index contributed by atoms with van der Waals surface area (Å²) in [6.07, 6.45) is 0. The first-order chi connectivity index (χ1) is 31.3. The fraction of sp³-hybridized carbons (Fsp3) is 0. The van der Waals surface area contributed by atoms with E-state index in [1.165, 1.54) is 76.2 Å². The standard InChI is InChI=1S/C59H39N3Si/c1-4-18-40(19-5-1)44-37-50(41-20-6-2-7-21-41)60-59(39-44)62-53-28-14-17-31-57(53)63(55-29-15-11-25-47(55)48-26-12-16-30-56(48)63)58-35-33-43(38-54(58)62)42-32-34-52-49(36-42)46-24-10-13-27-51(46)61(52)45-22-8-3-9-23-45/h1-39H. The van der Waals surface area contributed by atoms with Crippen LogP contribution in [0.4, 0.5) is 17.2 Å². The number of benzene rings is 9. The van der Waals surface area contributed by atoms with Crippen molar-refractivity contribution in [1.82, 2.24) is 9.55 Å². The van der Waals surface area contributed by atoms with Crippen LogP contribution in [0.2, 0.25) is 0 Å². The highest BCUT2D eigenvalue weighted by Gasteiger charge is 2.54. The first kappa shape index (κ1) is 35.7. The molecule has 2 aliphatic rings. The van der Waals surface area contributed by atoms with Gasteiger partial charge in [-0.25, -0.2) is 4.98 Å². The first-order valence-electron chi connectivity index (χ1n) is 21.7. The van der Waals surface area contributed by atoms with Crippen LogP contribution in [0.5, 0.6) is 0 Å². The summed E-state index contributed by atoms with van der Waals surface area (Å²) >= 11 is 0. The first-order valence-corrected chi connectivity index (χ1v) is 23.7. The largest absolute Gasteiger partial charge is 0.309 e. The number of rotatable bonds is 5. The highest BCUT2D eigenvalue weighted by Crippen LogP contribution is 2.44. The van der Waals surface area contributed by atoms with Crippen molar-refractivity contribution in [3.8, 4) is 50.3 Å². The molecule has 0 N–H and O–H groups in total. The summed E-state index contributed by atoms with van der Waals surface area (Å²) in [4.78, 5) is 8.07. The lowest BCUT2D eigenvalue weighted by Gasteiger charge is -2.43. The Morgan fingerprint density at radius 2 is 0.889 bits per heavy atom. The molecule has 294 valence electrons. The lowest BCUT2D eigenvalue weighted by atomic mass is 10.0. The summed E-state index contributed by atoms with van der Waals surface area (Å²) in [6, 6.07) is 87.1. The van der Waals surface area contributed by atoms with Crippen LogP contribution in [0, 0.1) is 0 Å². The average molecular weight is 818 g/mol.